The summed E-state index contributed by atoms with van der Waals surface area (Å²) in [6.45, 7) is 3.49. The van der Waals surface area contributed by atoms with Crippen LogP contribution in [-0.4, -0.2) is 47.1 Å². The van der Waals surface area contributed by atoms with Crippen molar-refractivity contribution in [1.82, 2.24) is 10.2 Å². The largest absolute Gasteiger partial charge is 0.480 e. The lowest BCUT2D eigenvalue weighted by molar-refractivity contribution is -0.149. The Morgan fingerprint density at radius 2 is 2.06 bits per heavy atom. The van der Waals surface area contributed by atoms with E-state index in [1.807, 2.05) is 0 Å². The van der Waals surface area contributed by atoms with Gasteiger partial charge >= 0.3 is 5.97 Å². The van der Waals surface area contributed by atoms with Crippen LogP contribution in [0.2, 0.25) is 0 Å². The van der Waals surface area contributed by atoms with Gasteiger partial charge in [-0.1, -0.05) is 6.92 Å². The molecule has 0 aromatic heterocycles. The summed E-state index contributed by atoms with van der Waals surface area (Å²) in [7, 11) is 0. The number of carboxylic acids is 1. The first-order valence-electron chi connectivity index (χ1n) is 6.38. The van der Waals surface area contributed by atoms with E-state index in [1.165, 1.54) is 0 Å². The molecule has 0 spiro atoms. The van der Waals surface area contributed by atoms with Gasteiger partial charge in [0, 0.05) is 6.54 Å². The van der Waals surface area contributed by atoms with Crippen LogP contribution >= 0.6 is 0 Å². The fraction of sp³-hybridized carbons (Fsp3) is 0.833. The Morgan fingerprint density at radius 3 is 2.71 bits per heavy atom. The Labute approximate surface area is 101 Å². The Balaban J connectivity index is 2.05. The average Bonchev–Trinajstić information content (AvgIpc) is 2.77. The zero-order valence-electron chi connectivity index (χ0n) is 10.2. The molecule has 17 heavy (non-hydrogen) atoms. The van der Waals surface area contributed by atoms with Gasteiger partial charge in [0.1, 0.15) is 6.04 Å². The van der Waals surface area contributed by atoms with Crippen LogP contribution in [0.25, 0.3) is 0 Å². The maximum absolute atomic E-state index is 12.3. The quantitative estimate of drug-likeness (QED) is 0.735. The highest BCUT2D eigenvalue weighted by Crippen LogP contribution is 2.23. The van der Waals surface area contributed by atoms with E-state index < -0.39 is 12.0 Å². The Kier molecular flexibility index (Phi) is 3.66. The third-order valence-corrected chi connectivity index (χ3v) is 3.86. The molecular weight excluding hydrogens is 220 g/mol. The molecular formula is C12H20N2O3. The van der Waals surface area contributed by atoms with Crippen molar-refractivity contribution in [2.24, 2.45) is 5.92 Å². The summed E-state index contributed by atoms with van der Waals surface area (Å²) in [5.41, 5.74) is 0. The molecule has 2 rings (SSSR count). The van der Waals surface area contributed by atoms with Gasteiger partial charge in [-0.05, 0) is 38.1 Å². The van der Waals surface area contributed by atoms with Crippen LogP contribution < -0.4 is 5.32 Å². The molecule has 96 valence electrons. The molecule has 2 N–H and O–H groups in total. The number of carbonyl (C=O) groups excluding carboxylic acids is 1. The van der Waals surface area contributed by atoms with Gasteiger partial charge in [-0.15, -0.1) is 0 Å². The number of hydrogen-bond donors (Lipinski definition) is 2. The summed E-state index contributed by atoms with van der Waals surface area (Å²) >= 11 is 0. The summed E-state index contributed by atoms with van der Waals surface area (Å²) in [5.74, 6) is -0.604. The van der Waals surface area contributed by atoms with Crippen molar-refractivity contribution in [3.8, 4) is 0 Å². The Bertz CT molecular complexity index is 319. The second-order valence-electron chi connectivity index (χ2n) is 5.08. The molecule has 0 aliphatic carbocycles. The third kappa shape index (κ3) is 2.44. The van der Waals surface area contributed by atoms with Crippen molar-refractivity contribution >= 4 is 11.9 Å². The molecule has 5 heteroatoms. The Hall–Kier alpha value is -1.10. The normalized spacial score (nSPS) is 33.7. The summed E-state index contributed by atoms with van der Waals surface area (Å²) < 4.78 is 0. The van der Waals surface area contributed by atoms with Gasteiger partial charge < -0.3 is 15.3 Å². The van der Waals surface area contributed by atoms with Crippen molar-refractivity contribution in [2.45, 2.75) is 44.7 Å². The number of rotatable bonds is 2. The highest BCUT2D eigenvalue weighted by Gasteiger charge is 2.39. The number of nitrogens with zero attached hydrogens (tertiary/aromatic N) is 1. The predicted molar refractivity (Wildman–Crippen MR) is 62.6 cm³/mol. The molecule has 0 bridgehead atoms. The molecule has 2 aliphatic heterocycles. The molecule has 2 fully saturated rings. The van der Waals surface area contributed by atoms with Gasteiger partial charge in [0.25, 0.3) is 0 Å². The van der Waals surface area contributed by atoms with Crippen molar-refractivity contribution in [1.29, 1.82) is 0 Å². The minimum absolute atomic E-state index is 0.0258. The van der Waals surface area contributed by atoms with Crippen LogP contribution in [0.4, 0.5) is 0 Å². The summed E-state index contributed by atoms with van der Waals surface area (Å²) in [6, 6.07) is -0.804. The van der Waals surface area contributed by atoms with E-state index in [2.05, 4.69) is 12.2 Å². The van der Waals surface area contributed by atoms with Crippen LogP contribution in [0.3, 0.4) is 0 Å². The van der Waals surface area contributed by atoms with E-state index in [0.29, 0.717) is 18.9 Å². The minimum Gasteiger partial charge on any atom is -0.480 e. The van der Waals surface area contributed by atoms with Gasteiger partial charge in [0.2, 0.25) is 5.91 Å². The average molecular weight is 240 g/mol. The molecule has 2 saturated heterocycles. The van der Waals surface area contributed by atoms with Crippen molar-refractivity contribution in [3.05, 3.63) is 0 Å². The van der Waals surface area contributed by atoms with Gasteiger partial charge in [0.15, 0.2) is 0 Å². The fourth-order valence-electron chi connectivity index (χ4n) is 2.85. The van der Waals surface area contributed by atoms with Crippen LogP contribution in [0.5, 0.6) is 0 Å². The SMILES string of the molecule is CC1CCCNC1C(=O)N1CCC[C@H]1C(=O)O. The highest BCUT2D eigenvalue weighted by atomic mass is 16.4. The topological polar surface area (TPSA) is 69.6 Å². The first-order chi connectivity index (χ1) is 8.11. The molecule has 2 unspecified atom stereocenters. The van der Waals surface area contributed by atoms with Gasteiger partial charge in [-0.3, -0.25) is 4.79 Å². The van der Waals surface area contributed by atoms with Crippen molar-refractivity contribution in [2.75, 3.05) is 13.1 Å². The van der Waals surface area contributed by atoms with E-state index >= 15 is 0 Å². The zero-order chi connectivity index (χ0) is 12.4. The van der Waals surface area contributed by atoms with Crippen LogP contribution in [-0.2, 0) is 9.59 Å². The van der Waals surface area contributed by atoms with E-state index in [-0.39, 0.29) is 11.9 Å². The van der Waals surface area contributed by atoms with Crippen molar-refractivity contribution in [3.63, 3.8) is 0 Å². The lowest BCUT2D eigenvalue weighted by atomic mass is 9.91. The number of carbonyl (C=O) groups is 2. The first-order valence-corrected chi connectivity index (χ1v) is 6.38. The summed E-state index contributed by atoms with van der Waals surface area (Å²) in [5, 5.41) is 12.3. The van der Waals surface area contributed by atoms with E-state index in [0.717, 1.165) is 25.8 Å². The van der Waals surface area contributed by atoms with Gasteiger partial charge in [-0.2, -0.15) is 0 Å². The first kappa shape index (κ1) is 12.4. The number of nitrogens with one attached hydrogen (secondary N) is 1. The van der Waals surface area contributed by atoms with Gasteiger partial charge in [0.05, 0.1) is 6.04 Å². The maximum Gasteiger partial charge on any atom is 0.326 e. The Morgan fingerprint density at radius 1 is 1.29 bits per heavy atom. The smallest absolute Gasteiger partial charge is 0.326 e. The monoisotopic (exact) mass is 240 g/mol. The summed E-state index contributed by atoms with van der Waals surface area (Å²) in [4.78, 5) is 24.9. The maximum atomic E-state index is 12.3. The second-order valence-corrected chi connectivity index (χ2v) is 5.08. The molecule has 0 saturated carbocycles. The second kappa shape index (κ2) is 5.04. The van der Waals surface area contributed by atoms with Crippen LogP contribution in [0.1, 0.15) is 32.6 Å². The number of likely N-dealkylation sites (tertiary alicyclic amines) is 1. The number of carboxylic acid groups (broad SMARTS) is 1. The molecule has 1 amide bonds. The van der Waals surface area contributed by atoms with Crippen LogP contribution in [0.15, 0.2) is 0 Å². The van der Waals surface area contributed by atoms with Crippen molar-refractivity contribution < 1.29 is 14.7 Å². The lowest BCUT2D eigenvalue weighted by Gasteiger charge is -2.33. The lowest BCUT2D eigenvalue weighted by Crippen LogP contribution is -2.54. The molecule has 2 aliphatic rings. The number of piperidine rings is 1. The molecule has 5 nitrogen and oxygen atoms in total. The molecule has 0 radical (unpaired) electrons. The number of hydrogen-bond acceptors (Lipinski definition) is 3. The number of amides is 1. The van der Waals surface area contributed by atoms with E-state index in [9.17, 15) is 9.59 Å². The molecule has 0 aromatic rings. The van der Waals surface area contributed by atoms with Gasteiger partial charge in [-0.25, -0.2) is 4.79 Å². The summed E-state index contributed by atoms with van der Waals surface area (Å²) in [6.07, 6.45) is 3.51. The number of aliphatic carboxylic acids is 1. The minimum atomic E-state index is -0.876. The zero-order valence-corrected chi connectivity index (χ0v) is 10.2. The fourth-order valence-corrected chi connectivity index (χ4v) is 2.85. The van der Waals surface area contributed by atoms with E-state index in [4.69, 9.17) is 5.11 Å². The molecule has 2 heterocycles. The standard InChI is InChI=1S/C12H20N2O3/c1-8-4-2-6-13-10(8)11(15)14-7-3-5-9(14)12(16)17/h8-10,13H,2-7H2,1H3,(H,16,17)/t8?,9-,10?/m0/s1. The van der Waals surface area contributed by atoms with E-state index in [1.54, 1.807) is 4.90 Å². The predicted octanol–water partition coefficient (Wildman–Crippen LogP) is 0.450. The van der Waals surface area contributed by atoms with Crippen LogP contribution in [0, 0.1) is 5.92 Å². The third-order valence-electron chi connectivity index (χ3n) is 3.86. The molecule has 0 aromatic carbocycles. The highest BCUT2D eigenvalue weighted by molar-refractivity contribution is 5.87. The molecule has 3 atom stereocenters.